The van der Waals surface area contributed by atoms with Crippen LogP contribution in [-0.4, -0.2) is 36.9 Å². The third kappa shape index (κ3) is 7.94. The molecular formula is C15H26O5. The van der Waals surface area contributed by atoms with E-state index >= 15 is 0 Å². The Bertz CT molecular complexity index is 333. The largest absolute Gasteiger partial charge is 0.465 e. The lowest BCUT2D eigenvalue weighted by atomic mass is 9.95. The molecule has 5 heteroatoms. The van der Waals surface area contributed by atoms with Crippen molar-refractivity contribution >= 4 is 11.9 Å². The molecule has 0 aliphatic carbocycles. The Morgan fingerprint density at radius 3 is 2.00 bits per heavy atom. The summed E-state index contributed by atoms with van der Waals surface area (Å²) < 4.78 is 10.0. The summed E-state index contributed by atoms with van der Waals surface area (Å²) >= 11 is 0. The molecule has 0 amide bonds. The van der Waals surface area contributed by atoms with Crippen molar-refractivity contribution in [2.24, 2.45) is 5.41 Å². The van der Waals surface area contributed by atoms with Gasteiger partial charge >= 0.3 is 11.9 Å². The van der Waals surface area contributed by atoms with Crippen LogP contribution in [0.5, 0.6) is 0 Å². The lowest BCUT2D eigenvalue weighted by Crippen LogP contribution is -2.30. The molecule has 20 heavy (non-hydrogen) atoms. The van der Waals surface area contributed by atoms with Crippen molar-refractivity contribution in [1.29, 1.82) is 0 Å². The van der Waals surface area contributed by atoms with Gasteiger partial charge in [0.1, 0.15) is 0 Å². The Kier molecular flexibility index (Phi) is 8.88. The van der Waals surface area contributed by atoms with Crippen LogP contribution in [0.4, 0.5) is 0 Å². The van der Waals surface area contributed by atoms with E-state index in [1.807, 2.05) is 0 Å². The zero-order chi connectivity index (χ0) is 15.6. The number of carbonyl (C=O) groups excluding carboxylic acids is 2. The van der Waals surface area contributed by atoms with E-state index in [4.69, 9.17) is 14.6 Å². The Balaban J connectivity index is 3.48. The van der Waals surface area contributed by atoms with Gasteiger partial charge in [-0.2, -0.15) is 0 Å². The quantitative estimate of drug-likeness (QED) is 0.379. The number of esters is 2. The smallest absolute Gasteiger partial charge is 0.333 e. The fourth-order valence-electron chi connectivity index (χ4n) is 1.27. The molecule has 0 saturated heterocycles. The third-order valence-corrected chi connectivity index (χ3v) is 2.80. The van der Waals surface area contributed by atoms with E-state index < -0.39 is 5.41 Å². The van der Waals surface area contributed by atoms with Gasteiger partial charge in [-0.05, 0) is 46.5 Å². The van der Waals surface area contributed by atoms with Gasteiger partial charge in [0.05, 0.1) is 25.2 Å². The number of aliphatic hydroxyl groups is 1. The van der Waals surface area contributed by atoms with Gasteiger partial charge in [-0.1, -0.05) is 6.58 Å². The standard InChI is InChI=1S/C15H26O5/c1-12(2)13(17)19-9-7-5-6-8-10-20-14(18)15(3,4)11-16/h16H,1,5-11H2,2-4H3. The summed E-state index contributed by atoms with van der Waals surface area (Å²) in [6.07, 6.45) is 3.36. The molecule has 0 rings (SSSR count). The lowest BCUT2D eigenvalue weighted by molar-refractivity contribution is -0.156. The topological polar surface area (TPSA) is 72.8 Å². The summed E-state index contributed by atoms with van der Waals surface area (Å²) in [6, 6.07) is 0. The molecule has 0 fully saturated rings. The van der Waals surface area contributed by atoms with Crippen molar-refractivity contribution in [3.05, 3.63) is 12.2 Å². The van der Waals surface area contributed by atoms with Crippen molar-refractivity contribution in [2.45, 2.75) is 46.5 Å². The Hall–Kier alpha value is -1.36. The van der Waals surface area contributed by atoms with Crippen molar-refractivity contribution in [2.75, 3.05) is 19.8 Å². The fraction of sp³-hybridized carbons (Fsp3) is 0.733. The minimum atomic E-state index is -0.837. The van der Waals surface area contributed by atoms with Crippen LogP contribution in [0.2, 0.25) is 0 Å². The molecule has 0 unspecified atom stereocenters. The molecule has 0 aromatic carbocycles. The molecule has 0 aliphatic rings. The zero-order valence-electron chi connectivity index (χ0n) is 12.7. The van der Waals surface area contributed by atoms with Crippen molar-refractivity contribution in [1.82, 2.24) is 0 Å². The van der Waals surface area contributed by atoms with Crippen LogP contribution in [0.3, 0.4) is 0 Å². The average Bonchev–Trinajstić information content (AvgIpc) is 2.40. The number of aliphatic hydroxyl groups excluding tert-OH is 1. The normalized spacial score (nSPS) is 11.0. The maximum absolute atomic E-state index is 11.5. The summed E-state index contributed by atoms with van der Waals surface area (Å²) in [7, 11) is 0. The fourth-order valence-corrected chi connectivity index (χ4v) is 1.27. The van der Waals surface area contributed by atoms with Gasteiger partial charge in [0.2, 0.25) is 0 Å². The molecule has 0 bridgehead atoms. The molecule has 5 nitrogen and oxygen atoms in total. The van der Waals surface area contributed by atoms with Gasteiger partial charge in [0.25, 0.3) is 0 Å². The number of rotatable bonds is 10. The number of unbranched alkanes of at least 4 members (excludes halogenated alkanes) is 3. The second-order valence-corrected chi connectivity index (χ2v) is 5.51. The first kappa shape index (κ1) is 18.6. The minimum Gasteiger partial charge on any atom is -0.465 e. The molecule has 0 heterocycles. The summed E-state index contributed by atoms with van der Waals surface area (Å²) in [4.78, 5) is 22.6. The number of ether oxygens (including phenoxy) is 2. The van der Waals surface area contributed by atoms with Crippen LogP contribution in [0.1, 0.15) is 46.5 Å². The Morgan fingerprint density at radius 2 is 1.55 bits per heavy atom. The summed E-state index contributed by atoms with van der Waals surface area (Å²) in [5.74, 6) is -0.736. The maximum Gasteiger partial charge on any atom is 0.333 e. The van der Waals surface area contributed by atoms with E-state index in [2.05, 4.69) is 6.58 Å². The van der Waals surface area contributed by atoms with Crippen LogP contribution in [0.25, 0.3) is 0 Å². The highest BCUT2D eigenvalue weighted by molar-refractivity contribution is 5.86. The van der Waals surface area contributed by atoms with E-state index in [1.165, 1.54) is 0 Å². The SMILES string of the molecule is C=C(C)C(=O)OCCCCCCOC(=O)C(C)(C)CO. The van der Waals surface area contributed by atoms with Crippen LogP contribution >= 0.6 is 0 Å². The van der Waals surface area contributed by atoms with Gasteiger partial charge in [-0.15, -0.1) is 0 Å². The Labute approximate surface area is 121 Å². The molecule has 1 N–H and O–H groups in total. The van der Waals surface area contributed by atoms with Crippen molar-refractivity contribution in [3.8, 4) is 0 Å². The summed E-state index contributed by atoms with van der Waals surface area (Å²) in [5.41, 5.74) is -0.431. The van der Waals surface area contributed by atoms with Crippen LogP contribution in [-0.2, 0) is 19.1 Å². The van der Waals surface area contributed by atoms with E-state index in [9.17, 15) is 9.59 Å². The predicted molar refractivity (Wildman–Crippen MR) is 76.1 cm³/mol. The minimum absolute atomic E-state index is 0.222. The summed E-state index contributed by atoms with van der Waals surface area (Å²) in [6.45, 7) is 8.93. The second-order valence-electron chi connectivity index (χ2n) is 5.51. The molecule has 0 aliphatic heterocycles. The van der Waals surface area contributed by atoms with Gasteiger partial charge in [-0.3, -0.25) is 4.79 Å². The van der Waals surface area contributed by atoms with Gasteiger partial charge in [0, 0.05) is 5.57 Å². The van der Waals surface area contributed by atoms with Crippen LogP contribution in [0.15, 0.2) is 12.2 Å². The highest BCUT2D eigenvalue weighted by Gasteiger charge is 2.28. The number of carbonyl (C=O) groups is 2. The molecule has 0 aromatic heterocycles. The molecular weight excluding hydrogens is 260 g/mol. The van der Waals surface area contributed by atoms with Gasteiger partial charge in [0.15, 0.2) is 0 Å². The van der Waals surface area contributed by atoms with Gasteiger partial charge in [-0.25, -0.2) is 4.79 Å². The Morgan fingerprint density at radius 1 is 1.05 bits per heavy atom. The van der Waals surface area contributed by atoms with Crippen LogP contribution in [0, 0.1) is 5.41 Å². The summed E-state index contributed by atoms with van der Waals surface area (Å²) in [5, 5.41) is 9.00. The molecule has 0 spiro atoms. The lowest BCUT2D eigenvalue weighted by Gasteiger charge is -2.19. The molecule has 0 atom stereocenters. The van der Waals surface area contributed by atoms with Crippen LogP contribution < -0.4 is 0 Å². The van der Waals surface area contributed by atoms with Crippen molar-refractivity contribution < 1.29 is 24.2 Å². The second kappa shape index (κ2) is 9.53. The van der Waals surface area contributed by atoms with Crippen molar-refractivity contribution in [3.63, 3.8) is 0 Å². The van der Waals surface area contributed by atoms with E-state index in [0.717, 1.165) is 25.7 Å². The van der Waals surface area contributed by atoms with E-state index in [1.54, 1.807) is 20.8 Å². The number of hydrogen-bond donors (Lipinski definition) is 1. The monoisotopic (exact) mass is 286 g/mol. The molecule has 0 radical (unpaired) electrons. The molecule has 116 valence electrons. The third-order valence-electron chi connectivity index (χ3n) is 2.80. The highest BCUT2D eigenvalue weighted by atomic mass is 16.5. The highest BCUT2D eigenvalue weighted by Crippen LogP contribution is 2.16. The average molecular weight is 286 g/mol. The first-order valence-electron chi connectivity index (χ1n) is 6.92. The zero-order valence-corrected chi connectivity index (χ0v) is 12.7. The van der Waals surface area contributed by atoms with E-state index in [-0.39, 0.29) is 18.5 Å². The predicted octanol–water partition coefficient (Wildman–Crippen LogP) is 2.23. The molecule has 0 aromatic rings. The molecule has 0 saturated carbocycles. The van der Waals surface area contributed by atoms with Gasteiger partial charge < -0.3 is 14.6 Å². The van der Waals surface area contributed by atoms with E-state index in [0.29, 0.717) is 18.8 Å². The number of hydrogen-bond acceptors (Lipinski definition) is 5. The first-order valence-corrected chi connectivity index (χ1v) is 6.92. The first-order chi connectivity index (χ1) is 9.31. The maximum atomic E-state index is 11.5.